The van der Waals surface area contributed by atoms with Crippen LogP contribution in [0.1, 0.15) is 20.3 Å². The third-order valence-electron chi connectivity index (χ3n) is 3.29. The third-order valence-corrected chi connectivity index (χ3v) is 3.72. The first-order valence-electron chi connectivity index (χ1n) is 6.04. The second-order valence-corrected chi connectivity index (χ2v) is 5.49. The molecule has 1 heterocycles. The molecular formula is C13H14Cl2N2O2. The SMILES string of the molecule is CCC(C)C1NC(=O)N(c2cc(Cl)cc(Cl)c2)C1=O. The lowest BCUT2D eigenvalue weighted by molar-refractivity contribution is -0.119. The van der Waals surface area contributed by atoms with Crippen molar-refractivity contribution >= 4 is 40.8 Å². The van der Waals surface area contributed by atoms with E-state index < -0.39 is 12.1 Å². The van der Waals surface area contributed by atoms with E-state index in [2.05, 4.69) is 5.32 Å². The molecule has 1 aliphatic rings. The largest absolute Gasteiger partial charge is 0.329 e. The smallest absolute Gasteiger partial charge is 0.325 e. The fourth-order valence-corrected chi connectivity index (χ4v) is 2.55. The zero-order valence-corrected chi connectivity index (χ0v) is 12.1. The van der Waals surface area contributed by atoms with Crippen LogP contribution >= 0.6 is 23.2 Å². The molecule has 0 saturated carbocycles. The quantitative estimate of drug-likeness (QED) is 0.869. The van der Waals surface area contributed by atoms with Crippen molar-refractivity contribution in [2.45, 2.75) is 26.3 Å². The third kappa shape index (κ3) is 2.69. The van der Waals surface area contributed by atoms with E-state index in [0.29, 0.717) is 15.7 Å². The van der Waals surface area contributed by atoms with Gasteiger partial charge in [0.15, 0.2) is 0 Å². The molecule has 6 heteroatoms. The van der Waals surface area contributed by atoms with Crippen LogP contribution in [0.15, 0.2) is 18.2 Å². The van der Waals surface area contributed by atoms with Gasteiger partial charge in [-0.05, 0) is 24.1 Å². The van der Waals surface area contributed by atoms with Crippen LogP contribution in [-0.4, -0.2) is 18.0 Å². The van der Waals surface area contributed by atoms with E-state index in [1.165, 1.54) is 0 Å². The van der Waals surface area contributed by atoms with Crippen LogP contribution in [0.4, 0.5) is 10.5 Å². The minimum absolute atomic E-state index is 0.0797. The number of imide groups is 1. The minimum atomic E-state index is -0.491. The maximum absolute atomic E-state index is 12.3. The van der Waals surface area contributed by atoms with E-state index in [1.54, 1.807) is 18.2 Å². The lowest BCUT2D eigenvalue weighted by Crippen LogP contribution is -2.35. The zero-order chi connectivity index (χ0) is 14.2. The van der Waals surface area contributed by atoms with Gasteiger partial charge in [-0.2, -0.15) is 0 Å². The monoisotopic (exact) mass is 300 g/mol. The summed E-state index contributed by atoms with van der Waals surface area (Å²) >= 11 is 11.8. The van der Waals surface area contributed by atoms with Gasteiger partial charge in [0.05, 0.1) is 5.69 Å². The Kier molecular flexibility index (Phi) is 4.02. The number of carbonyl (C=O) groups is 2. The molecule has 1 aliphatic heterocycles. The van der Waals surface area contributed by atoms with Crippen LogP contribution < -0.4 is 10.2 Å². The number of halogens is 2. The summed E-state index contributed by atoms with van der Waals surface area (Å²) < 4.78 is 0. The summed E-state index contributed by atoms with van der Waals surface area (Å²) in [5.74, 6) is -0.186. The van der Waals surface area contributed by atoms with Crippen LogP contribution in [0.3, 0.4) is 0 Å². The number of carbonyl (C=O) groups excluding carboxylic acids is 2. The van der Waals surface area contributed by atoms with E-state index >= 15 is 0 Å². The van der Waals surface area contributed by atoms with Gasteiger partial charge in [0.25, 0.3) is 5.91 Å². The first kappa shape index (κ1) is 14.2. The highest BCUT2D eigenvalue weighted by Gasteiger charge is 2.41. The Morgan fingerprint density at radius 3 is 2.37 bits per heavy atom. The lowest BCUT2D eigenvalue weighted by Gasteiger charge is -2.16. The summed E-state index contributed by atoms with van der Waals surface area (Å²) in [6.45, 7) is 3.90. The molecule has 3 amide bonds. The molecule has 0 bridgehead atoms. The number of nitrogens with one attached hydrogen (secondary N) is 1. The first-order valence-corrected chi connectivity index (χ1v) is 6.80. The number of amides is 3. The van der Waals surface area contributed by atoms with Gasteiger partial charge < -0.3 is 5.32 Å². The number of anilines is 1. The summed E-state index contributed by atoms with van der Waals surface area (Å²) in [4.78, 5) is 25.3. The standard InChI is InChI=1S/C13H14Cl2N2O2/c1-3-7(2)11-12(18)17(13(19)16-11)10-5-8(14)4-9(15)6-10/h4-7,11H,3H2,1-2H3,(H,16,19). The van der Waals surface area contributed by atoms with E-state index in [9.17, 15) is 9.59 Å². The maximum atomic E-state index is 12.3. The first-order chi connectivity index (χ1) is 8.93. The molecule has 2 rings (SSSR count). The molecule has 0 aliphatic carbocycles. The van der Waals surface area contributed by atoms with Crippen molar-refractivity contribution in [3.8, 4) is 0 Å². The molecule has 102 valence electrons. The molecule has 4 nitrogen and oxygen atoms in total. The van der Waals surface area contributed by atoms with Crippen molar-refractivity contribution in [1.29, 1.82) is 0 Å². The topological polar surface area (TPSA) is 49.4 Å². The molecule has 0 aromatic heterocycles. The van der Waals surface area contributed by atoms with Crippen LogP contribution in [0.2, 0.25) is 10.0 Å². The fraction of sp³-hybridized carbons (Fsp3) is 0.385. The predicted molar refractivity (Wildman–Crippen MR) is 75.7 cm³/mol. The van der Waals surface area contributed by atoms with Gasteiger partial charge in [-0.3, -0.25) is 4.79 Å². The van der Waals surface area contributed by atoms with E-state index in [4.69, 9.17) is 23.2 Å². The Bertz CT molecular complexity index is 513. The molecule has 1 aromatic rings. The Balaban J connectivity index is 2.35. The molecular weight excluding hydrogens is 287 g/mol. The normalized spacial score (nSPS) is 20.6. The lowest BCUT2D eigenvalue weighted by atomic mass is 9.99. The van der Waals surface area contributed by atoms with Crippen molar-refractivity contribution < 1.29 is 9.59 Å². The molecule has 1 saturated heterocycles. The second kappa shape index (κ2) is 5.39. The highest BCUT2D eigenvalue weighted by atomic mass is 35.5. The molecule has 1 aromatic carbocycles. The van der Waals surface area contributed by atoms with Gasteiger partial charge >= 0.3 is 6.03 Å². The highest BCUT2D eigenvalue weighted by molar-refractivity contribution is 6.35. The van der Waals surface area contributed by atoms with Gasteiger partial charge in [-0.25, -0.2) is 9.69 Å². The van der Waals surface area contributed by atoms with Crippen molar-refractivity contribution in [2.75, 3.05) is 4.90 Å². The Hall–Kier alpha value is -1.26. The average molecular weight is 301 g/mol. The van der Waals surface area contributed by atoms with Crippen molar-refractivity contribution in [1.82, 2.24) is 5.32 Å². The number of urea groups is 1. The molecule has 0 spiro atoms. The fourth-order valence-electron chi connectivity index (χ4n) is 2.03. The van der Waals surface area contributed by atoms with Crippen molar-refractivity contribution in [2.24, 2.45) is 5.92 Å². The van der Waals surface area contributed by atoms with Crippen molar-refractivity contribution in [3.63, 3.8) is 0 Å². The number of hydrogen-bond acceptors (Lipinski definition) is 2. The maximum Gasteiger partial charge on any atom is 0.329 e. The Morgan fingerprint density at radius 1 is 1.26 bits per heavy atom. The van der Waals surface area contributed by atoms with Crippen LogP contribution in [-0.2, 0) is 4.79 Å². The van der Waals surface area contributed by atoms with Gasteiger partial charge in [0, 0.05) is 10.0 Å². The summed E-state index contributed by atoms with van der Waals surface area (Å²) in [5, 5.41) is 3.46. The molecule has 1 fully saturated rings. The molecule has 2 unspecified atom stereocenters. The zero-order valence-electron chi connectivity index (χ0n) is 10.6. The van der Waals surface area contributed by atoms with Gasteiger partial charge in [-0.15, -0.1) is 0 Å². The van der Waals surface area contributed by atoms with Crippen LogP contribution in [0, 0.1) is 5.92 Å². The average Bonchev–Trinajstić information content (AvgIpc) is 2.62. The van der Waals surface area contributed by atoms with E-state index in [0.717, 1.165) is 11.3 Å². The van der Waals surface area contributed by atoms with Crippen LogP contribution in [0.5, 0.6) is 0 Å². The highest BCUT2D eigenvalue weighted by Crippen LogP contribution is 2.29. The van der Waals surface area contributed by atoms with Gasteiger partial charge in [0.1, 0.15) is 6.04 Å². The predicted octanol–water partition coefficient (Wildman–Crippen LogP) is 3.46. The number of nitrogens with zero attached hydrogens (tertiary/aromatic N) is 1. The summed E-state index contributed by atoms with van der Waals surface area (Å²) in [6, 6.07) is 3.72. The van der Waals surface area contributed by atoms with E-state index in [-0.39, 0.29) is 11.8 Å². The molecule has 0 radical (unpaired) electrons. The Labute approximate surface area is 121 Å². The second-order valence-electron chi connectivity index (χ2n) is 4.61. The molecule has 1 N–H and O–H groups in total. The number of benzene rings is 1. The number of rotatable bonds is 3. The Morgan fingerprint density at radius 2 is 1.84 bits per heavy atom. The van der Waals surface area contributed by atoms with Gasteiger partial charge in [-0.1, -0.05) is 43.5 Å². The summed E-state index contributed by atoms with van der Waals surface area (Å²) in [6.07, 6.45) is 0.806. The van der Waals surface area contributed by atoms with Crippen LogP contribution in [0.25, 0.3) is 0 Å². The van der Waals surface area contributed by atoms with Crippen molar-refractivity contribution in [3.05, 3.63) is 28.2 Å². The molecule has 2 atom stereocenters. The van der Waals surface area contributed by atoms with Gasteiger partial charge in [0.2, 0.25) is 0 Å². The number of hydrogen-bond donors (Lipinski definition) is 1. The van der Waals surface area contributed by atoms with E-state index in [1.807, 2.05) is 13.8 Å². The minimum Gasteiger partial charge on any atom is -0.325 e. The summed E-state index contributed by atoms with van der Waals surface area (Å²) in [7, 11) is 0. The molecule has 19 heavy (non-hydrogen) atoms. The summed E-state index contributed by atoms with van der Waals surface area (Å²) in [5.41, 5.74) is 0.394.